The van der Waals surface area contributed by atoms with Gasteiger partial charge in [0, 0.05) is 35.2 Å². The smallest absolute Gasteiger partial charge is 0.417 e. The number of hydrogen-bond donors (Lipinski definition) is 1. The number of carbonyl (C=O) groups is 1. The third kappa shape index (κ3) is 5.25. The molecule has 0 spiro atoms. The maximum atomic E-state index is 12.7. The van der Waals surface area contributed by atoms with Gasteiger partial charge in [0.25, 0.3) is 0 Å². The molecule has 0 aliphatic heterocycles. The van der Waals surface area contributed by atoms with Crippen molar-refractivity contribution in [3.8, 4) is 0 Å². The number of aromatic nitrogens is 1. The molecule has 2 aromatic heterocycles. The number of thioether (sulfide) groups is 1. The van der Waals surface area contributed by atoms with Crippen LogP contribution in [-0.4, -0.2) is 17.7 Å². The Balaban J connectivity index is 1.84. The predicted molar refractivity (Wildman–Crippen MR) is 107 cm³/mol. The average molecular weight is 459 g/mol. The number of amides is 1. The summed E-state index contributed by atoms with van der Waals surface area (Å²) >= 11 is 7.01. The summed E-state index contributed by atoms with van der Waals surface area (Å²) in [6, 6.07) is 6.83. The highest BCUT2D eigenvalue weighted by molar-refractivity contribution is 7.98. The highest BCUT2D eigenvalue weighted by Gasteiger charge is 2.31. The minimum absolute atomic E-state index is 0.136. The quantitative estimate of drug-likeness (QED) is 0.389. The highest BCUT2D eigenvalue weighted by Crippen LogP contribution is 2.35. The Morgan fingerprint density at radius 3 is 2.73 bits per heavy atom. The molecule has 0 saturated heterocycles. The first kappa shape index (κ1) is 22.0. The van der Waals surface area contributed by atoms with Gasteiger partial charge in [0.1, 0.15) is 10.6 Å². The first-order valence-electron chi connectivity index (χ1n) is 8.53. The van der Waals surface area contributed by atoms with Crippen LogP contribution in [0.25, 0.3) is 11.0 Å². The number of hydrogen-bond acceptors (Lipinski definition) is 6. The second-order valence-electron chi connectivity index (χ2n) is 5.94. The number of alkyl halides is 3. The normalized spacial score (nSPS) is 11.5. The van der Waals surface area contributed by atoms with Crippen molar-refractivity contribution in [2.75, 3.05) is 11.9 Å². The number of nitrogens with one attached hydrogen (secondary N) is 1. The van der Waals surface area contributed by atoms with Gasteiger partial charge in [-0.3, -0.25) is 5.32 Å². The number of carbonyl (C=O) groups excluding carboxylic acids is 1. The van der Waals surface area contributed by atoms with E-state index in [4.69, 9.17) is 20.8 Å². The standard InChI is InChI=1S/C19H14ClF3N2O4S/c1-2-28-18(27)25-12-3-4-13-10(5-16(26)29-15(13)7-12)9-30-17-14(20)6-11(8-24-17)19(21,22)23/h3-8H,2,9H2,1H3,(H,25,27). The van der Waals surface area contributed by atoms with Gasteiger partial charge in [0.2, 0.25) is 0 Å². The molecule has 0 aliphatic carbocycles. The summed E-state index contributed by atoms with van der Waals surface area (Å²) in [5.41, 5.74) is -0.367. The van der Waals surface area contributed by atoms with Crippen LogP contribution < -0.4 is 10.9 Å². The topological polar surface area (TPSA) is 81.4 Å². The molecule has 0 atom stereocenters. The molecule has 0 saturated carbocycles. The van der Waals surface area contributed by atoms with Gasteiger partial charge >= 0.3 is 17.9 Å². The van der Waals surface area contributed by atoms with Crippen LogP contribution in [0.3, 0.4) is 0 Å². The van der Waals surface area contributed by atoms with Gasteiger partial charge in [0.05, 0.1) is 17.2 Å². The number of halogens is 4. The van der Waals surface area contributed by atoms with E-state index in [1.165, 1.54) is 12.1 Å². The summed E-state index contributed by atoms with van der Waals surface area (Å²) in [5.74, 6) is 0.213. The van der Waals surface area contributed by atoms with E-state index < -0.39 is 23.5 Å². The van der Waals surface area contributed by atoms with Crippen LogP contribution >= 0.6 is 23.4 Å². The van der Waals surface area contributed by atoms with Crippen molar-refractivity contribution in [3.63, 3.8) is 0 Å². The summed E-state index contributed by atoms with van der Waals surface area (Å²) in [4.78, 5) is 27.2. The van der Waals surface area contributed by atoms with E-state index in [-0.39, 0.29) is 28.0 Å². The summed E-state index contributed by atoms with van der Waals surface area (Å²) < 4.78 is 48.2. The first-order valence-corrected chi connectivity index (χ1v) is 9.90. The SMILES string of the molecule is CCOC(=O)Nc1ccc2c(CSc3ncc(C(F)(F)F)cc3Cl)cc(=O)oc2c1. The Kier molecular flexibility index (Phi) is 6.57. The number of benzene rings is 1. The number of anilines is 1. The minimum atomic E-state index is -4.54. The lowest BCUT2D eigenvalue weighted by Crippen LogP contribution is -2.13. The van der Waals surface area contributed by atoms with E-state index in [0.717, 1.165) is 17.8 Å². The van der Waals surface area contributed by atoms with Crippen LogP contribution in [0.4, 0.5) is 23.7 Å². The molecule has 1 aromatic carbocycles. The van der Waals surface area contributed by atoms with E-state index in [1.807, 2.05) is 0 Å². The van der Waals surface area contributed by atoms with E-state index in [1.54, 1.807) is 19.1 Å². The molecule has 0 fully saturated rings. The summed E-state index contributed by atoms with van der Waals surface area (Å²) in [5, 5.41) is 3.17. The van der Waals surface area contributed by atoms with Crippen molar-refractivity contribution < 1.29 is 27.1 Å². The van der Waals surface area contributed by atoms with Gasteiger partial charge in [-0.15, -0.1) is 11.8 Å². The van der Waals surface area contributed by atoms with Crippen LogP contribution in [-0.2, 0) is 16.7 Å². The molecule has 3 rings (SSSR count). The maximum Gasteiger partial charge on any atom is 0.417 e. The molecule has 2 heterocycles. The van der Waals surface area contributed by atoms with Gasteiger partial charge in [0.15, 0.2) is 0 Å². The average Bonchev–Trinajstić information content (AvgIpc) is 2.65. The van der Waals surface area contributed by atoms with Crippen molar-refractivity contribution in [1.29, 1.82) is 0 Å². The van der Waals surface area contributed by atoms with Gasteiger partial charge in [-0.05, 0) is 30.7 Å². The third-order valence-corrected chi connectivity index (χ3v) is 5.31. The van der Waals surface area contributed by atoms with Crippen molar-refractivity contribution >= 4 is 46.1 Å². The third-order valence-electron chi connectivity index (χ3n) is 3.85. The molecule has 158 valence electrons. The van der Waals surface area contributed by atoms with Gasteiger partial charge < -0.3 is 9.15 Å². The van der Waals surface area contributed by atoms with Crippen LogP contribution in [0.2, 0.25) is 5.02 Å². The van der Waals surface area contributed by atoms with Crippen molar-refractivity contribution in [2.45, 2.75) is 23.9 Å². The summed E-state index contributed by atoms with van der Waals surface area (Å²) in [7, 11) is 0. The Morgan fingerprint density at radius 1 is 1.30 bits per heavy atom. The van der Waals surface area contributed by atoms with Gasteiger partial charge in [-0.2, -0.15) is 13.2 Å². The largest absolute Gasteiger partial charge is 0.450 e. The molecular formula is C19H14ClF3N2O4S. The number of pyridine rings is 1. The number of ether oxygens (including phenoxy) is 1. The number of rotatable bonds is 5. The maximum absolute atomic E-state index is 12.7. The Bertz CT molecular complexity index is 1150. The molecule has 1 N–H and O–H groups in total. The fraction of sp³-hybridized carbons (Fsp3) is 0.211. The molecule has 0 unspecified atom stereocenters. The zero-order valence-electron chi connectivity index (χ0n) is 15.4. The van der Waals surface area contributed by atoms with Gasteiger partial charge in [-0.25, -0.2) is 14.6 Å². The van der Waals surface area contributed by atoms with E-state index in [9.17, 15) is 22.8 Å². The van der Waals surface area contributed by atoms with Crippen molar-refractivity contribution in [3.05, 3.63) is 63.1 Å². The summed E-state index contributed by atoms with van der Waals surface area (Å²) in [6.45, 7) is 1.87. The molecule has 0 bridgehead atoms. The molecule has 30 heavy (non-hydrogen) atoms. The van der Waals surface area contributed by atoms with Crippen molar-refractivity contribution in [1.82, 2.24) is 4.98 Å². The van der Waals surface area contributed by atoms with E-state index in [0.29, 0.717) is 22.8 Å². The Hall–Kier alpha value is -2.72. The molecule has 1 amide bonds. The Labute approximate surface area is 177 Å². The molecule has 6 nitrogen and oxygen atoms in total. The second-order valence-corrected chi connectivity index (χ2v) is 7.32. The van der Waals surface area contributed by atoms with Crippen LogP contribution in [0, 0.1) is 0 Å². The lowest BCUT2D eigenvalue weighted by atomic mass is 10.1. The molecular weight excluding hydrogens is 445 g/mol. The lowest BCUT2D eigenvalue weighted by molar-refractivity contribution is -0.137. The number of fused-ring (bicyclic) bond motifs is 1. The zero-order chi connectivity index (χ0) is 21.9. The van der Waals surface area contributed by atoms with Gasteiger partial charge in [-0.1, -0.05) is 11.6 Å². The monoisotopic (exact) mass is 458 g/mol. The van der Waals surface area contributed by atoms with Crippen LogP contribution in [0.5, 0.6) is 0 Å². The highest BCUT2D eigenvalue weighted by atomic mass is 35.5. The minimum Gasteiger partial charge on any atom is -0.450 e. The molecule has 11 heteroatoms. The van der Waals surface area contributed by atoms with Crippen LogP contribution in [0.15, 0.2) is 50.8 Å². The fourth-order valence-corrected chi connectivity index (χ4v) is 3.73. The molecule has 0 aliphatic rings. The Morgan fingerprint density at radius 2 is 2.07 bits per heavy atom. The van der Waals surface area contributed by atoms with Crippen LogP contribution in [0.1, 0.15) is 18.1 Å². The van der Waals surface area contributed by atoms with Crippen molar-refractivity contribution in [2.24, 2.45) is 0 Å². The zero-order valence-corrected chi connectivity index (χ0v) is 17.0. The van der Waals surface area contributed by atoms with E-state index in [2.05, 4.69) is 10.3 Å². The van der Waals surface area contributed by atoms with E-state index >= 15 is 0 Å². The predicted octanol–water partition coefficient (Wildman–Crippen LogP) is 5.72. The first-order chi connectivity index (χ1) is 14.2. The molecule has 3 aromatic rings. The second kappa shape index (κ2) is 8.97. The molecule has 0 radical (unpaired) electrons. The number of nitrogens with zero attached hydrogens (tertiary/aromatic N) is 1. The lowest BCUT2D eigenvalue weighted by Gasteiger charge is -2.10. The fourth-order valence-electron chi connectivity index (χ4n) is 2.54. The summed E-state index contributed by atoms with van der Waals surface area (Å²) in [6.07, 6.45) is -4.48.